The van der Waals surface area contributed by atoms with Gasteiger partial charge in [0.15, 0.2) is 0 Å². The van der Waals surface area contributed by atoms with Gasteiger partial charge in [0.1, 0.15) is 0 Å². The highest BCUT2D eigenvalue weighted by Crippen LogP contribution is 2.21. The van der Waals surface area contributed by atoms with Crippen LogP contribution in [0, 0.1) is 0 Å². The summed E-state index contributed by atoms with van der Waals surface area (Å²) < 4.78 is 5.84. The number of nitrogens with one attached hydrogen (secondary N) is 1. The Hall–Kier alpha value is -0.880. The van der Waals surface area contributed by atoms with E-state index < -0.39 is 0 Å². The topological polar surface area (TPSA) is 50.3 Å². The number of aromatic nitrogens is 2. The van der Waals surface area contributed by atoms with Crippen LogP contribution in [0.4, 0.5) is 5.95 Å². The van der Waals surface area contributed by atoms with Crippen LogP contribution in [0.2, 0.25) is 0 Å². The summed E-state index contributed by atoms with van der Waals surface area (Å²) in [7, 11) is 5.70. The number of nitrogens with zero attached hydrogens (tertiary/aromatic N) is 3. The summed E-state index contributed by atoms with van der Waals surface area (Å²) >= 11 is 3.31. The third-order valence-electron chi connectivity index (χ3n) is 1.97. The monoisotopic (exact) mass is 288 g/mol. The van der Waals surface area contributed by atoms with Gasteiger partial charge in [-0.05, 0) is 43.0 Å². The Morgan fingerprint density at radius 3 is 2.88 bits per heavy atom. The molecule has 0 amide bonds. The standard InChI is InChI=1S/C10H17BrN4O/c1-15(2)6-4-5-12-10-13-7-8(11)9(14-10)16-3/h7H,4-6H2,1-3H3,(H,12,13,14). The zero-order chi connectivity index (χ0) is 12.0. The molecular formula is C10H17BrN4O. The predicted molar refractivity (Wildman–Crippen MR) is 67.9 cm³/mol. The molecule has 1 rings (SSSR count). The normalized spacial score (nSPS) is 10.6. The molecule has 0 unspecified atom stereocenters. The molecule has 0 fully saturated rings. The Bertz CT molecular complexity index is 333. The highest BCUT2D eigenvalue weighted by Gasteiger charge is 2.04. The van der Waals surface area contributed by atoms with Crippen LogP contribution >= 0.6 is 15.9 Å². The summed E-state index contributed by atoms with van der Waals surface area (Å²) in [6.45, 7) is 1.89. The lowest BCUT2D eigenvalue weighted by atomic mass is 10.4. The van der Waals surface area contributed by atoms with Crippen LogP contribution in [-0.2, 0) is 0 Å². The summed E-state index contributed by atoms with van der Waals surface area (Å²) in [6.07, 6.45) is 2.73. The van der Waals surface area contributed by atoms with E-state index in [1.165, 1.54) is 0 Å². The molecular weight excluding hydrogens is 272 g/mol. The van der Waals surface area contributed by atoms with Crippen molar-refractivity contribution in [3.05, 3.63) is 10.7 Å². The van der Waals surface area contributed by atoms with Gasteiger partial charge in [0.2, 0.25) is 11.8 Å². The van der Waals surface area contributed by atoms with Crippen LogP contribution < -0.4 is 10.1 Å². The van der Waals surface area contributed by atoms with Gasteiger partial charge in [0.05, 0.1) is 17.8 Å². The summed E-state index contributed by atoms with van der Waals surface area (Å²) in [5, 5.41) is 3.15. The maximum atomic E-state index is 5.08. The zero-order valence-electron chi connectivity index (χ0n) is 9.83. The van der Waals surface area contributed by atoms with E-state index in [-0.39, 0.29) is 0 Å². The average molecular weight is 289 g/mol. The quantitative estimate of drug-likeness (QED) is 0.806. The summed E-state index contributed by atoms with van der Waals surface area (Å²) in [6, 6.07) is 0. The number of hydrogen-bond donors (Lipinski definition) is 1. The van der Waals surface area contributed by atoms with Gasteiger partial charge in [0, 0.05) is 6.54 Å². The number of hydrogen-bond acceptors (Lipinski definition) is 5. The second kappa shape index (κ2) is 6.65. The molecule has 0 aliphatic carbocycles. The van der Waals surface area contributed by atoms with Gasteiger partial charge in [0.25, 0.3) is 0 Å². The molecule has 90 valence electrons. The van der Waals surface area contributed by atoms with Gasteiger partial charge in [-0.15, -0.1) is 0 Å². The van der Waals surface area contributed by atoms with Crippen LogP contribution in [0.25, 0.3) is 0 Å². The number of methoxy groups -OCH3 is 1. The molecule has 1 aromatic rings. The number of ether oxygens (including phenoxy) is 1. The van der Waals surface area contributed by atoms with Crippen LogP contribution in [0.3, 0.4) is 0 Å². The first-order valence-corrected chi connectivity index (χ1v) is 5.88. The summed E-state index contributed by atoms with van der Waals surface area (Å²) in [4.78, 5) is 10.5. The molecule has 0 aromatic carbocycles. The fraction of sp³-hybridized carbons (Fsp3) is 0.600. The fourth-order valence-corrected chi connectivity index (χ4v) is 1.53. The SMILES string of the molecule is COc1nc(NCCCN(C)C)ncc1Br. The minimum absolute atomic E-state index is 0.546. The summed E-state index contributed by atoms with van der Waals surface area (Å²) in [5.74, 6) is 1.14. The van der Waals surface area contributed by atoms with Crippen molar-refractivity contribution in [1.82, 2.24) is 14.9 Å². The van der Waals surface area contributed by atoms with Gasteiger partial charge in [-0.25, -0.2) is 4.98 Å². The lowest BCUT2D eigenvalue weighted by molar-refractivity contribution is 0.394. The molecule has 0 saturated carbocycles. The van der Waals surface area contributed by atoms with E-state index in [9.17, 15) is 0 Å². The van der Waals surface area contributed by atoms with E-state index in [0.717, 1.165) is 24.0 Å². The Morgan fingerprint density at radius 2 is 2.25 bits per heavy atom. The van der Waals surface area contributed by atoms with Crippen molar-refractivity contribution in [2.75, 3.05) is 39.6 Å². The molecule has 0 spiro atoms. The maximum Gasteiger partial charge on any atom is 0.232 e. The largest absolute Gasteiger partial charge is 0.480 e. The summed E-state index contributed by atoms with van der Waals surface area (Å²) in [5.41, 5.74) is 0. The van der Waals surface area contributed by atoms with Crippen LogP contribution in [0.5, 0.6) is 5.88 Å². The molecule has 0 bridgehead atoms. The average Bonchev–Trinajstić information content (AvgIpc) is 2.26. The van der Waals surface area contributed by atoms with E-state index >= 15 is 0 Å². The second-order valence-corrected chi connectivity index (χ2v) is 4.49. The molecule has 0 radical (unpaired) electrons. The van der Waals surface area contributed by atoms with Crippen molar-refractivity contribution < 1.29 is 4.74 Å². The van der Waals surface area contributed by atoms with Crippen molar-refractivity contribution in [3.8, 4) is 5.88 Å². The van der Waals surface area contributed by atoms with Gasteiger partial charge >= 0.3 is 0 Å². The third kappa shape index (κ3) is 4.32. The molecule has 0 aliphatic rings. The van der Waals surface area contributed by atoms with Gasteiger partial charge < -0.3 is 15.0 Å². The van der Waals surface area contributed by atoms with E-state index in [0.29, 0.717) is 11.8 Å². The van der Waals surface area contributed by atoms with Gasteiger partial charge in [-0.2, -0.15) is 4.98 Å². The van der Waals surface area contributed by atoms with Crippen molar-refractivity contribution in [2.45, 2.75) is 6.42 Å². The Morgan fingerprint density at radius 1 is 1.50 bits per heavy atom. The van der Waals surface area contributed by atoms with Crippen LogP contribution in [0.1, 0.15) is 6.42 Å². The number of halogens is 1. The lowest BCUT2D eigenvalue weighted by Crippen LogP contribution is -2.17. The third-order valence-corrected chi connectivity index (χ3v) is 2.51. The number of anilines is 1. The predicted octanol–water partition coefficient (Wildman–Crippen LogP) is 1.61. The van der Waals surface area contributed by atoms with Crippen molar-refractivity contribution in [1.29, 1.82) is 0 Å². The molecule has 0 atom stereocenters. The molecule has 1 aromatic heterocycles. The smallest absolute Gasteiger partial charge is 0.232 e. The molecule has 5 nitrogen and oxygen atoms in total. The first-order valence-electron chi connectivity index (χ1n) is 5.08. The van der Waals surface area contributed by atoms with E-state index in [1.54, 1.807) is 13.3 Å². The van der Waals surface area contributed by atoms with E-state index in [2.05, 4.69) is 50.2 Å². The van der Waals surface area contributed by atoms with Crippen LogP contribution in [0.15, 0.2) is 10.7 Å². The molecule has 6 heteroatoms. The molecule has 1 N–H and O–H groups in total. The Balaban J connectivity index is 2.42. The second-order valence-electron chi connectivity index (χ2n) is 3.63. The fourth-order valence-electron chi connectivity index (χ4n) is 1.18. The molecule has 0 saturated heterocycles. The maximum absolute atomic E-state index is 5.08. The zero-order valence-corrected chi connectivity index (χ0v) is 11.4. The highest BCUT2D eigenvalue weighted by molar-refractivity contribution is 9.10. The molecule has 0 aliphatic heterocycles. The Kier molecular flexibility index (Phi) is 5.48. The first-order chi connectivity index (χ1) is 7.63. The van der Waals surface area contributed by atoms with Gasteiger partial charge in [-0.1, -0.05) is 0 Å². The molecule has 16 heavy (non-hydrogen) atoms. The van der Waals surface area contributed by atoms with E-state index in [1.807, 2.05) is 0 Å². The van der Waals surface area contributed by atoms with Gasteiger partial charge in [-0.3, -0.25) is 0 Å². The minimum Gasteiger partial charge on any atom is -0.480 e. The highest BCUT2D eigenvalue weighted by atomic mass is 79.9. The van der Waals surface area contributed by atoms with Crippen molar-refractivity contribution >= 4 is 21.9 Å². The lowest BCUT2D eigenvalue weighted by Gasteiger charge is -2.10. The molecule has 1 heterocycles. The van der Waals surface area contributed by atoms with Crippen molar-refractivity contribution in [3.63, 3.8) is 0 Å². The van der Waals surface area contributed by atoms with Crippen molar-refractivity contribution in [2.24, 2.45) is 0 Å². The number of rotatable bonds is 6. The van der Waals surface area contributed by atoms with E-state index in [4.69, 9.17) is 4.74 Å². The minimum atomic E-state index is 0.546. The Labute approximate surface area is 104 Å². The first kappa shape index (κ1) is 13.2. The van der Waals surface area contributed by atoms with Crippen LogP contribution in [-0.4, -0.2) is 49.2 Å².